The standard InChI is InChI=1S/C28H26ClN9O3/c1-36-25(39)13-38(28(36)41)22-6-16(15-2-3-15)11-37-12-18(34-26(22)37)10-31-23-9-24(33-14-32-23)35-27(40)20-8-19(20)21-7-17(29)4-5-30-21/h4-7,9,11-12,14-15,19-20H,2-3,8,10,13H2,1H3,(H2,31,32,33,35,40). The molecule has 208 valence electrons. The Morgan fingerprint density at radius 3 is 2.68 bits per heavy atom. The lowest BCUT2D eigenvalue weighted by atomic mass is 10.1. The molecular formula is C28H26ClN9O3. The summed E-state index contributed by atoms with van der Waals surface area (Å²) in [5.41, 5.74) is 3.90. The van der Waals surface area contributed by atoms with Crippen LogP contribution in [0.1, 0.15) is 48.0 Å². The molecule has 5 heterocycles. The van der Waals surface area contributed by atoms with E-state index < -0.39 is 0 Å². The second kappa shape index (κ2) is 9.81. The molecule has 2 atom stereocenters. The number of aromatic nitrogens is 5. The molecule has 13 heteroatoms. The van der Waals surface area contributed by atoms with E-state index >= 15 is 0 Å². The van der Waals surface area contributed by atoms with Gasteiger partial charge in [0.25, 0.3) is 0 Å². The number of hydrogen-bond donors (Lipinski definition) is 2. The van der Waals surface area contributed by atoms with Gasteiger partial charge in [-0.1, -0.05) is 11.6 Å². The van der Waals surface area contributed by atoms with Crippen LogP contribution in [-0.4, -0.2) is 60.7 Å². The minimum Gasteiger partial charge on any atom is -0.364 e. The maximum absolute atomic E-state index is 12.8. The van der Waals surface area contributed by atoms with Gasteiger partial charge in [-0.2, -0.15) is 0 Å². The second-order valence-electron chi connectivity index (χ2n) is 10.7. The number of hydrogen-bond acceptors (Lipinski definition) is 8. The van der Waals surface area contributed by atoms with Gasteiger partial charge in [-0.25, -0.2) is 19.7 Å². The van der Waals surface area contributed by atoms with E-state index in [9.17, 15) is 14.4 Å². The van der Waals surface area contributed by atoms with Crippen molar-refractivity contribution in [3.05, 3.63) is 71.2 Å². The molecule has 0 radical (unpaired) electrons. The molecule has 3 fully saturated rings. The second-order valence-corrected chi connectivity index (χ2v) is 11.1. The Hall–Kier alpha value is -4.58. The maximum atomic E-state index is 12.8. The van der Waals surface area contributed by atoms with Gasteiger partial charge in [-0.3, -0.25) is 24.4 Å². The molecule has 2 N–H and O–H groups in total. The number of nitrogens with one attached hydrogen (secondary N) is 2. The van der Waals surface area contributed by atoms with E-state index in [0.717, 1.165) is 34.7 Å². The van der Waals surface area contributed by atoms with E-state index in [-0.39, 0.29) is 36.2 Å². The smallest absolute Gasteiger partial charge is 0.331 e. The van der Waals surface area contributed by atoms with E-state index in [4.69, 9.17) is 16.6 Å². The van der Waals surface area contributed by atoms with Gasteiger partial charge >= 0.3 is 6.03 Å². The number of rotatable bonds is 8. The third-order valence-electron chi connectivity index (χ3n) is 7.75. The van der Waals surface area contributed by atoms with Gasteiger partial charge in [0.1, 0.15) is 24.5 Å². The Balaban J connectivity index is 1.05. The lowest BCUT2D eigenvalue weighted by Gasteiger charge is -2.17. The van der Waals surface area contributed by atoms with Crippen LogP contribution in [0.5, 0.6) is 0 Å². The first-order valence-electron chi connectivity index (χ1n) is 13.4. The van der Waals surface area contributed by atoms with Gasteiger partial charge in [0.15, 0.2) is 5.65 Å². The number of anilines is 3. The van der Waals surface area contributed by atoms with E-state index in [1.165, 1.54) is 18.3 Å². The Morgan fingerprint density at radius 2 is 1.93 bits per heavy atom. The predicted octanol–water partition coefficient (Wildman–Crippen LogP) is 3.80. The molecule has 4 aromatic rings. The Bertz CT molecular complexity index is 1720. The molecule has 7 rings (SSSR count). The van der Waals surface area contributed by atoms with Crippen molar-refractivity contribution in [2.45, 2.75) is 37.6 Å². The van der Waals surface area contributed by atoms with Crippen LogP contribution >= 0.6 is 11.6 Å². The first-order valence-corrected chi connectivity index (χ1v) is 13.8. The number of carbonyl (C=O) groups excluding carboxylic acids is 3. The van der Waals surface area contributed by atoms with Crippen LogP contribution in [0.3, 0.4) is 0 Å². The summed E-state index contributed by atoms with van der Waals surface area (Å²) in [6.07, 6.45) is 9.90. The van der Waals surface area contributed by atoms with Gasteiger partial charge in [0.2, 0.25) is 11.8 Å². The first kappa shape index (κ1) is 25.4. The number of amides is 4. The van der Waals surface area contributed by atoms with Gasteiger partial charge in [-0.15, -0.1) is 0 Å². The summed E-state index contributed by atoms with van der Waals surface area (Å²) >= 11 is 6.06. The summed E-state index contributed by atoms with van der Waals surface area (Å²) in [6.45, 7) is 0.342. The summed E-state index contributed by atoms with van der Waals surface area (Å²) in [7, 11) is 1.49. The summed E-state index contributed by atoms with van der Waals surface area (Å²) in [4.78, 5) is 58.0. The fourth-order valence-corrected chi connectivity index (χ4v) is 5.39. The highest BCUT2D eigenvalue weighted by Crippen LogP contribution is 2.47. The van der Waals surface area contributed by atoms with Crippen LogP contribution in [0.2, 0.25) is 5.02 Å². The van der Waals surface area contributed by atoms with Crippen LogP contribution in [-0.2, 0) is 16.1 Å². The Morgan fingerprint density at radius 1 is 1.10 bits per heavy atom. The minimum absolute atomic E-state index is 0.00774. The summed E-state index contributed by atoms with van der Waals surface area (Å²) in [6, 6.07) is 6.80. The summed E-state index contributed by atoms with van der Waals surface area (Å²) in [5.74, 6) is 0.864. The molecule has 1 saturated heterocycles. The van der Waals surface area contributed by atoms with Gasteiger partial charge < -0.3 is 15.0 Å². The molecule has 41 heavy (non-hydrogen) atoms. The quantitative estimate of drug-likeness (QED) is 0.305. The zero-order valence-electron chi connectivity index (χ0n) is 22.1. The van der Waals surface area contributed by atoms with Crippen molar-refractivity contribution in [1.82, 2.24) is 29.2 Å². The lowest BCUT2D eigenvalue weighted by Crippen LogP contribution is -2.30. The summed E-state index contributed by atoms with van der Waals surface area (Å²) < 4.78 is 1.92. The van der Waals surface area contributed by atoms with Crippen molar-refractivity contribution in [3.63, 3.8) is 0 Å². The highest BCUT2D eigenvalue weighted by molar-refractivity contribution is 6.30. The molecular weight excluding hydrogens is 546 g/mol. The summed E-state index contributed by atoms with van der Waals surface area (Å²) in [5, 5.41) is 6.71. The normalized spacial score (nSPS) is 20.1. The molecule has 2 saturated carbocycles. The van der Waals surface area contributed by atoms with E-state index in [2.05, 4.69) is 25.6 Å². The molecule has 0 spiro atoms. The van der Waals surface area contributed by atoms with Crippen molar-refractivity contribution in [1.29, 1.82) is 0 Å². The topological polar surface area (TPSA) is 138 Å². The SMILES string of the molecule is CN1C(=O)CN(c2cc(C3CC3)cn3cc(CNc4cc(NC(=O)C5CC5c5cc(Cl)ccn5)ncn4)nc23)C1=O. The zero-order chi connectivity index (χ0) is 28.2. The largest absolute Gasteiger partial charge is 0.364 e. The molecule has 3 aliphatic rings. The van der Waals surface area contributed by atoms with Crippen molar-refractivity contribution >= 4 is 52.4 Å². The van der Waals surface area contributed by atoms with Crippen LogP contribution in [0, 0.1) is 5.92 Å². The zero-order valence-corrected chi connectivity index (χ0v) is 22.9. The molecule has 4 amide bonds. The van der Waals surface area contributed by atoms with Crippen molar-refractivity contribution in [2.24, 2.45) is 5.92 Å². The molecule has 1 aliphatic heterocycles. The molecule has 12 nitrogen and oxygen atoms in total. The average Bonchev–Trinajstić information content (AvgIpc) is 3.89. The number of fused-ring (bicyclic) bond motifs is 1. The van der Waals surface area contributed by atoms with Gasteiger partial charge in [-0.05, 0) is 48.9 Å². The average molecular weight is 572 g/mol. The van der Waals surface area contributed by atoms with Crippen molar-refractivity contribution in [3.8, 4) is 0 Å². The predicted molar refractivity (Wildman–Crippen MR) is 151 cm³/mol. The molecule has 0 aromatic carbocycles. The molecule has 4 aromatic heterocycles. The number of nitrogens with zero attached hydrogens (tertiary/aromatic N) is 7. The number of imide groups is 1. The monoisotopic (exact) mass is 571 g/mol. The van der Waals surface area contributed by atoms with Crippen LogP contribution in [0.15, 0.2) is 49.2 Å². The fraction of sp³-hybridized carbons (Fsp3) is 0.321. The third-order valence-corrected chi connectivity index (χ3v) is 7.98. The van der Waals surface area contributed by atoms with Gasteiger partial charge in [0, 0.05) is 54.3 Å². The fourth-order valence-electron chi connectivity index (χ4n) is 5.22. The van der Waals surface area contributed by atoms with E-state index in [0.29, 0.717) is 46.9 Å². The highest BCUT2D eigenvalue weighted by Gasteiger charge is 2.45. The first-order chi connectivity index (χ1) is 19.8. The molecule has 0 bridgehead atoms. The molecule has 2 unspecified atom stereocenters. The Kier molecular flexibility index (Phi) is 6.07. The third kappa shape index (κ3) is 4.95. The van der Waals surface area contributed by atoms with Crippen LogP contribution in [0.25, 0.3) is 5.65 Å². The van der Waals surface area contributed by atoms with Crippen LogP contribution in [0.4, 0.5) is 22.1 Å². The maximum Gasteiger partial charge on any atom is 0.331 e. The number of likely N-dealkylation sites (N-methyl/N-ethyl adjacent to an activating group) is 1. The van der Waals surface area contributed by atoms with E-state index in [1.807, 2.05) is 22.9 Å². The van der Waals surface area contributed by atoms with Crippen LogP contribution < -0.4 is 15.5 Å². The Labute approximate surface area is 239 Å². The number of pyridine rings is 2. The highest BCUT2D eigenvalue weighted by atomic mass is 35.5. The number of urea groups is 1. The lowest BCUT2D eigenvalue weighted by molar-refractivity contribution is -0.124. The minimum atomic E-state index is -0.357. The number of halogens is 1. The van der Waals surface area contributed by atoms with Gasteiger partial charge in [0.05, 0.1) is 17.9 Å². The molecule has 2 aliphatic carbocycles. The van der Waals surface area contributed by atoms with Crippen molar-refractivity contribution in [2.75, 3.05) is 29.1 Å². The number of imidazole rings is 1. The number of carbonyl (C=O) groups is 3. The van der Waals surface area contributed by atoms with E-state index in [1.54, 1.807) is 24.4 Å². The van der Waals surface area contributed by atoms with Crippen molar-refractivity contribution < 1.29 is 14.4 Å².